The maximum Gasteiger partial charge on any atom is 0.231 e. The molecule has 2 N–H and O–H groups in total. The topological polar surface area (TPSA) is 38.2 Å². The molecule has 28 heavy (non-hydrogen) atoms. The third kappa shape index (κ3) is 4.82. The molecule has 146 valence electrons. The van der Waals surface area contributed by atoms with Crippen LogP contribution in [0, 0.1) is 0 Å². The van der Waals surface area contributed by atoms with E-state index >= 15 is 0 Å². The zero-order valence-corrected chi connectivity index (χ0v) is 16.7. The van der Waals surface area contributed by atoms with Crippen LogP contribution in [0.15, 0.2) is 54.6 Å². The number of fused-ring (bicyclic) bond motifs is 1. The molecule has 2 aromatic rings. The van der Waals surface area contributed by atoms with E-state index in [1.165, 1.54) is 5.56 Å². The fourth-order valence-electron chi connectivity index (χ4n) is 3.50. The summed E-state index contributed by atoms with van der Waals surface area (Å²) in [6.07, 6.45) is 4.48. The molecular weight excluding hydrogens is 370 g/mol. The van der Waals surface area contributed by atoms with Crippen molar-refractivity contribution in [1.29, 1.82) is 0 Å². The molecule has 0 aromatic heterocycles. The molecule has 4 rings (SSSR count). The number of ether oxygens (including phenoxy) is 2. The molecule has 2 aromatic carbocycles. The Morgan fingerprint density at radius 1 is 1.07 bits per heavy atom. The fourth-order valence-corrected chi connectivity index (χ4v) is 3.75. The molecule has 0 saturated carbocycles. The highest BCUT2D eigenvalue weighted by molar-refractivity contribution is 7.80. The van der Waals surface area contributed by atoms with Crippen LogP contribution in [0.25, 0.3) is 6.08 Å². The molecule has 0 amide bonds. The summed E-state index contributed by atoms with van der Waals surface area (Å²) in [5.74, 6) is 1.62. The van der Waals surface area contributed by atoms with Gasteiger partial charge in [0.15, 0.2) is 16.6 Å². The molecule has 0 aliphatic carbocycles. The van der Waals surface area contributed by atoms with Crippen LogP contribution in [-0.2, 0) is 6.54 Å². The monoisotopic (exact) mass is 396 g/mol. The SMILES string of the molecule is S=C(NCc1ccc2c(c1)OCO2)N1CC[NH+](C/C=C/c2ccccc2)CC1. The highest BCUT2D eigenvalue weighted by Crippen LogP contribution is 2.32. The first-order chi connectivity index (χ1) is 13.8. The van der Waals surface area contributed by atoms with Crippen molar-refractivity contribution in [2.75, 3.05) is 39.5 Å². The molecule has 6 heteroatoms. The van der Waals surface area contributed by atoms with Gasteiger partial charge in [-0.1, -0.05) is 42.5 Å². The average molecular weight is 397 g/mol. The van der Waals surface area contributed by atoms with E-state index in [9.17, 15) is 0 Å². The third-order valence-corrected chi connectivity index (χ3v) is 5.56. The van der Waals surface area contributed by atoms with E-state index in [2.05, 4.69) is 46.6 Å². The summed E-state index contributed by atoms with van der Waals surface area (Å²) >= 11 is 5.60. The second-order valence-corrected chi connectivity index (χ2v) is 7.49. The Hall–Kier alpha value is -2.57. The first-order valence-corrected chi connectivity index (χ1v) is 10.2. The van der Waals surface area contributed by atoms with E-state index in [1.54, 1.807) is 4.90 Å². The Bertz CT molecular complexity index is 833. The number of hydrogen-bond acceptors (Lipinski definition) is 3. The van der Waals surface area contributed by atoms with E-state index in [-0.39, 0.29) is 0 Å². The Labute approximate surface area is 171 Å². The van der Waals surface area contributed by atoms with Gasteiger partial charge in [-0.2, -0.15) is 0 Å². The summed E-state index contributed by atoms with van der Waals surface area (Å²) in [6, 6.07) is 16.5. The van der Waals surface area contributed by atoms with Gasteiger partial charge in [0.2, 0.25) is 6.79 Å². The summed E-state index contributed by atoms with van der Waals surface area (Å²) in [5.41, 5.74) is 2.40. The van der Waals surface area contributed by atoms with Crippen molar-refractivity contribution in [1.82, 2.24) is 10.2 Å². The predicted octanol–water partition coefficient (Wildman–Crippen LogP) is 1.70. The summed E-state index contributed by atoms with van der Waals surface area (Å²) < 4.78 is 10.8. The highest BCUT2D eigenvalue weighted by atomic mass is 32.1. The van der Waals surface area contributed by atoms with Crippen LogP contribution in [0.1, 0.15) is 11.1 Å². The Balaban J connectivity index is 1.19. The van der Waals surface area contributed by atoms with E-state index in [0.717, 1.165) is 54.9 Å². The van der Waals surface area contributed by atoms with Crippen LogP contribution in [0.2, 0.25) is 0 Å². The minimum atomic E-state index is 0.303. The summed E-state index contributed by atoms with van der Waals surface area (Å²) in [5, 5.41) is 4.21. The summed E-state index contributed by atoms with van der Waals surface area (Å²) in [4.78, 5) is 3.87. The van der Waals surface area contributed by atoms with Crippen molar-refractivity contribution in [3.63, 3.8) is 0 Å². The molecule has 0 radical (unpaired) electrons. The van der Waals surface area contributed by atoms with Gasteiger partial charge in [-0.05, 0) is 41.6 Å². The third-order valence-electron chi connectivity index (χ3n) is 5.15. The zero-order chi connectivity index (χ0) is 19.2. The Kier molecular flexibility index (Phi) is 6.09. The number of piperazine rings is 1. The number of hydrogen-bond donors (Lipinski definition) is 2. The lowest BCUT2D eigenvalue weighted by atomic mass is 10.2. The van der Waals surface area contributed by atoms with Gasteiger partial charge >= 0.3 is 0 Å². The van der Waals surface area contributed by atoms with E-state index in [1.807, 2.05) is 24.3 Å². The highest BCUT2D eigenvalue weighted by Gasteiger charge is 2.21. The Morgan fingerprint density at radius 3 is 2.68 bits per heavy atom. The molecule has 0 unspecified atom stereocenters. The maximum absolute atomic E-state index is 5.60. The lowest BCUT2D eigenvalue weighted by Gasteiger charge is -2.33. The molecule has 0 atom stereocenters. The van der Waals surface area contributed by atoms with Gasteiger partial charge in [0.05, 0.1) is 32.7 Å². The van der Waals surface area contributed by atoms with Crippen molar-refractivity contribution < 1.29 is 14.4 Å². The van der Waals surface area contributed by atoms with Crippen LogP contribution < -0.4 is 19.7 Å². The first kappa shape index (κ1) is 18.8. The second-order valence-electron chi connectivity index (χ2n) is 7.10. The molecule has 1 saturated heterocycles. The van der Waals surface area contributed by atoms with Crippen molar-refractivity contribution in [2.45, 2.75) is 6.54 Å². The second kappa shape index (κ2) is 9.08. The molecule has 0 bridgehead atoms. The minimum absolute atomic E-state index is 0.303. The van der Waals surface area contributed by atoms with Gasteiger partial charge in [0, 0.05) is 6.54 Å². The number of rotatable bonds is 5. The lowest BCUT2D eigenvalue weighted by Crippen LogP contribution is -3.14. The van der Waals surface area contributed by atoms with Gasteiger partial charge in [-0.15, -0.1) is 0 Å². The van der Waals surface area contributed by atoms with Crippen molar-refractivity contribution in [3.8, 4) is 11.5 Å². The smallest absolute Gasteiger partial charge is 0.231 e. The van der Waals surface area contributed by atoms with Crippen LogP contribution in [0.4, 0.5) is 0 Å². The zero-order valence-electron chi connectivity index (χ0n) is 15.9. The van der Waals surface area contributed by atoms with Crippen molar-refractivity contribution in [3.05, 3.63) is 65.7 Å². The summed E-state index contributed by atoms with van der Waals surface area (Å²) in [7, 11) is 0. The molecule has 2 aliphatic rings. The quantitative estimate of drug-likeness (QED) is 0.753. The minimum Gasteiger partial charge on any atom is -0.454 e. The van der Waals surface area contributed by atoms with Gasteiger partial charge in [0.1, 0.15) is 0 Å². The van der Waals surface area contributed by atoms with E-state index < -0.39 is 0 Å². The fraction of sp³-hybridized carbons (Fsp3) is 0.318. The van der Waals surface area contributed by atoms with Gasteiger partial charge in [-0.3, -0.25) is 0 Å². The number of nitrogens with one attached hydrogen (secondary N) is 2. The largest absolute Gasteiger partial charge is 0.454 e. The van der Waals surface area contributed by atoms with Crippen molar-refractivity contribution >= 4 is 23.4 Å². The molecule has 5 nitrogen and oxygen atoms in total. The average Bonchev–Trinajstić information content (AvgIpc) is 3.21. The molecular formula is C22H26N3O2S+. The predicted molar refractivity (Wildman–Crippen MR) is 115 cm³/mol. The number of thiocarbonyl (C=S) groups is 1. The molecule has 2 heterocycles. The maximum atomic E-state index is 5.60. The first-order valence-electron chi connectivity index (χ1n) is 9.74. The number of benzene rings is 2. The van der Waals surface area contributed by atoms with E-state index in [0.29, 0.717) is 13.3 Å². The van der Waals surface area contributed by atoms with Crippen molar-refractivity contribution in [2.24, 2.45) is 0 Å². The van der Waals surface area contributed by atoms with Gasteiger partial charge in [0.25, 0.3) is 0 Å². The van der Waals surface area contributed by atoms with E-state index in [4.69, 9.17) is 21.7 Å². The number of nitrogens with zero attached hydrogens (tertiary/aromatic N) is 1. The summed E-state index contributed by atoms with van der Waals surface area (Å²) in [6.45, 7) is 6.24. The van der Waals surface area contributed by atoms with Crippen LogP contribution >= 0.6 is 12.2 Å². The van der Waals surface area contributed by atoms with Crippen LogP contribution in [0.3, 0.4) is 0 Å². The molecule has 1 fully saturated rings. The van der Waals surface area contributed by atoms with Crippen LogP contribution in [0.5, 0.6) is 11.5 Å². The molecule has 0 spiro atoms. The lowest BCUT2D eigenvalue weighted by molar-refractivity contribution is -0.897. The van der Waals surface area contributed by atoms with Gasteiger partial charge in [-0.25, -0.2) is 0 Å². The Morgan fingerprint density at radius 2 is 1.86 bits per heavy atom. The normalized spacial score (nSPS) is 16.5. The number of quaternary nitrogens is 1. The molecule has 2 aliphatic heterocycles. The van der Waals surface area contributed by atoms with Crippen LogP contribution in [-0.4, -0.2) is 49.5 Å². The standard InChI is InChI=1S/C22H25N3O2S/c28-22(23-16-19-8-9-20-21(15-19)27-17-26-20)25-13-11-24(12-14-25)10-4-7-18-5-2-1-3-6-18/h1-9,15H,10-14,16-17H2,(H,23,28)/p+1/b7-4+. The van der Waals surface area contributed by atoms with Gasteiger partial charge < -0.3 is 24.6 Å².